The quantitative estimate of drug-likeness (QED) is 0.461. The summed E-state index contributed by atoms with van der Waals surface area (Å²) in [7, 11) is 0. The van der Waals surface area contributed by atoms with Gasteiger partial charge in [0.05, 0.1) is 6.54 Å². The van der Waals surface area contributed by atoms with Crippen LogP contribution in [0.2, 0.25) is 0 Å². The van der Waals surface area contributed by atoms with E-state index >= 15 is 0 Å². The predicted octanol–water partition coefficient (Wildman–Crippen LogP) is 2.76. The van der Waals surface area contributed by atoms with Gasteiger partial charge in [-0.1, -0.05) is 19.3 Å². The third kappa shape index (κ3) is 9.01. The lowest BCUT2D eigenvalue weighted by Gasteiger charge is -2.19. The van der Waals surface area contributed by atoms with Crippen molar-refractivity contribution in [3.05, 3.63) is 12.2 Å². The van der Waals surface area contributed by atoms with Crippen molar-refractivity contribution in [2.75, 3.05) is 13.2 Å². The first-order valence-electron chi connectivity index (χ1n) is 8.13. The van der Waals surface area contributed by atoms with Crippen molar-refractivity contribution in [3.8, 4) is 0 Å². The zero-order valence-electron chi connectivity index (χ0n) is 14.2. The maximum atomic E-state index is 11.9. The second-order valence-electron chi connectivity index (χ2n) is 6.67. The normalized spacial score (nSPS) is 16.1. The number of ketones is 1. The van der Waals surface area contributed by atoms with E-state index in [0.29, 0.717) is 0 Å². The van der Waals surface area contributed by atoms with Gasteiger partial charge in [0.25, 0.3) is 0 Å². The fourth-order valence-corrected chi connectivity index (χ4v) is 2.34. The molecule has 0 heterocycles. The van der Waals surface area contributed by atoms with Crippen molar-refractivity contribution < 1.29 is 23.9 Å². The molecule has 0 radical (unpaired) electrons. The molecular formula is C17H27NO5. The van der Waals surface area contributed by atoms with Crippen LogP contribution in [-0.2, 0) is 19.1 Å². The Morgan fingerprint density at radius 1 is 1.09 bits per heavy atom. The monoisotopic (exact) mass is 325 g/mol. The highest BCUT2D eigenvalue weighted by atomic mass is 16.6. The van der Waals surface area contributed by atoms with E-state index in [1.807, 2.05) is 0 Å². The molecule has 0 aromatic carbocycles. The van der Waals surface area contributed by atoms with Gasteiger partial charge in [-0.2, -0.15) is 0 Å². The summed E-state index contributed by atoms with van der Waals surface area (Å²) in [6.07, 6.45) is 7.03. The van der Waals surface area contributed by atoms with Gasteiger partial charge in [-0.05, 0) is 39.7 Å². The van der Waals surface area contributed by atoms with Gasteiger partial charge >= 0.3 is 12.1 Å². The predicted molar refractivity (Wildman–Crippen MR) is 85.9 cm³/mol. The lowest BCUT2D eigenvalue weighted by atomic mass is 9.86. The molecule has 0 saturated heterocycles. The number of alkyl carbamates (subject to hydrolysis) is 1. The minimum atomic E-state index is -0.583. The fourth-order valence-electron chi connectivity index (χ4n) is 2.34. The second-order valence-corrected chi connectivity index (χ2v) is 6.67. The molecule has 1 amide bonds. The van der Waals surface area contributed by atoms with Gasteiger partial charge in [-0.25, -0.2) is 9.59 Å². The zero-order chi connectivity index (χ0) is 17.3. The van der Waals surface area contributed by atoms with Gasteiger partial charge in [-0.15, -0.1) is 0 Å². The molecule has 0 aliphatic heterocycles. The van der Waals surface area contributed by atoms with Gasteiger partial charge in [0, 0.05) is 12.0 Å². The fraction of sp³-hybridized carbons (Fsp3) is 0.706. The van der Waals surface area contributed by atoms with Crippen LogP contribution in [0.3, 0.4) is 0 Å². The second kappa shape index (κ2) is 9.33. The Balaban J connectivity index is 2.17. The molecule has 0 atom stereocenters. The van der Waals surface area contributed by atoms with E-state index in [1.54, 1.807) is 20.8 Å². The smallest absolute Gasteiger partial charge is 0.407 e. The van der Waals surface area contributed by atoms with Crippen LogP contribution in [0.15, 0.2) is 12.2 Å². The maximum Gasteiger partial charge on any atom is 0.407 e. The molecule has 23 heavy (non-hydrogen) atoms. The lowest BCUT2D eigenvalue weighted by molar-refractivity contribution is -0.137. The number of esters is 1. The summed E-state index contributed by atoms with van der Waals surface area (Å²) >= 11 is 0. The molecule has 1 rings (SSSR count). The number of nitrogens with one attached hydrogen (secondary N) is 1. The van der Waals surface area contributed by atoms with Crippen LogP contribution < -0.4 is 5.32 Å². The molecule has 1 aliphatic carbocycles. The van der Waals surface area contributed by atoms with E-state index in [2.05, 4.69) is 5.32 Å². The average molecular weight is 325 g/mol. The van der Waals surface area contributed by atoms with Crippen LogP contribution in [0.5, 0.6) is 0 Å². The summed E-state index contributed by atoms with van der Waals surface area (Å²) in [5.41, 5.74) is -0.566. The van der Waals surface area contributed by atoms with Crippen molar-refractivity contribution >= 4 is 17.8 Å². The van der Waals surface area contributed by atoms with Crippen molar-refractivity contribution in [1.82, 2.24) is 5.32 Å². The SMILES string of the molecule is CC(C)(C)OC(=O)NCCOC(=O)/C=C/C(=O)C1CCCCC1. The largest absolute Gasteiger partial charge is 0.461 e. The summed E-state index contributed by atoms with van der Waals surface area (Å²) in [6, 6.07) is 0. The molecule has 6 nitrogen and oxygen atoms in total. The van der Waals surface area contributed by atoms with E-state index in [1.165, 1.54) is 12.5 Å². The van der Waals surface area contributed by atoms with Gasteiger partial charge in [0.2, 0.25) is 0 Å². The molecule has 6 heteroatoms. The lowest BCUT2D eigenvalue weighted by Crippen LogP contribution is -2.34. The van der Waals surface area contributed by atoms with E-state index in [4.69, 9.17) is 9.47 Å². The molecule has 1 N–H and O–H groups in total. The summed E-state index contributed by atoms with van der Waals surface area (Å²) in [5, 5.41) is 2.48. The number of hydrogen-bond acceptors (Lipinski definition) is 5. The van der Waals surface area contributed by atoms with Crippen LogP contribution in [0.4, 0.5) is 4.79 Å². The highest BCUT2D eigenvalue weighted by molar-refractivity contribution is 5.97. The number of allylic oxidation sites excluding steroid dienone is 1. The third-order valence-corrected chi connectivity index (χ3v) is 3.41. The van der Waals surface area contributed by atoms with Gasteiger partial charge in [0.1, 0.15) is 12.2 Å². The number of rotatable bonds is 6. The zero-order valence-corrected chi connectivity index (χ0v) is 14.2. The average Bonchev–Trinajstić information content (AvgIpc) is 2.48. The Kier molecular flexibility index (Phi) is 7.78. The van der Waals surface area contributed by atoms with Gasteiger partial charge < -0.3 is 14.8 Å². The van der Waals surface area contributed by atoms with Crippen LogP contribution in [0, 0.1) is 5.92 Å². The maximum absolute atomic E-state index is 11.9. The number of ether oxygens (including phenoxy) is 2. The molecule has 0 spiro atoms. The Hall–Kier alpha value is -1.85. The standard InChI is InChI=1S/C17H27NO5/c1-17(2,3)23-16(21)18-11-12-22-15(20)10-9-14(19)13-7-5-4-6-8-13/h9-10,13H,4-8,11-12H2,1-3H3,(H,18,21)/b10-9+. The van der Waals surface area contributed by atoms with E-state index in [0.717, 1.165) is 31.8 Å². The Bertz CT molecular complexity index is 444. The summed E-state index contributed by atoms with van der Waals surface area (Å²) < 4.78 is 9.95. The van der Waals surface area contributed by atoms with E-state index < -0.39 is 17.7 Å². The highest BCUT2D eigenvalue weighted by Crippen LogP contribution is 2.24. The highest BCUT2D eigenvalue weighted by Gasteiger charge is 2.19. The topological polar surface area (TPSA) is 81.7 Å². The van der Waals surface area contributed by atoms with E-state index in [9.17, 15) is 14.4 Å². The molecular weight excluding hydrogens is 298 g/mol. The Morgan fingerprint density at radius 3 is 2.35 bits per heavy atom. The third-order valence-electron chi connectivity index (χ3n) is 3.41. The molecule has 1 saturated carbocycles. The molecule has 0 bridgehead atoms. The summed E-state index contributed by atoms with van der Waals surface area (Å²) in [4.78, 5) is 34.7. The summed E-state index contributed by atoms with van der Waals surface area (Å²) in [5.74, 6) is -0.546. The van der Waals surface area contributed by atoms with Crippen molar-refractivity contribution in [3.63, 3.8) is 0 Å². The number of carbonyl (C=O) groups is 3. The number of hydrogen-bond donors (Lipinski definition) is 1. The minimum absolute atomic E-state index is 0.00599. The number of amides is 1. The first kappa shape index (κ1) is 19.2. The molecule has 0 aromatic heterocycles. The van der Waals surface area contributed by atoms with Crippen LogP contribution in [-0.4, -0.2) is 36.6 Å². The molecule has 1 fully saturated rings. The minimum Gasteiger partial charge on any atom is -0.461 e. The number of carbonyl (C=O) groups excluding carboxylic acids is 3. The Labute approximate surface area is 137 Å². The molecule has 0 unspecified atom stereocenters. The van der Waals surface area contributed by atoms with Gasteiger partial charge in [-0.3, -0.25) is 4.79 Å². The van der Waals surface area contributed by atoms with E-state index in [-0.39, 0.29) is 24.9 Å². The van der Waals surface area contributed by atoms with Crippen LogP contribution >= 0.6 is 0 Å². The first-order valence-corrected chi connectivity index (χ1v) is 8.13. The van der Waals surface area contributed by atoms with Crippen molar-refractivity contribution in [2.24, 2.45) is 5.92 Å². The Morgan fingerprint density at radius 2 is 1.74 bits per heavy atom. The van der Waals surface area contributed by atoms with Crippen molar-refractivity contribution in [2.45, 2.75) is 58.5 Å². The first-order chi connectivity index (χ1) is 10.8. The van der Waals surface area contributed by atoms with Crippen molar-refractivity contribution in [1.29, 1.82) is 0 Å². The molecule has 0 aromatic rings. The summed E-state index contributed by atoms with van der Waals surface area (Å²) in [6.45, 7) is 5.48. The van der Waals surface area contributed by atoms with Crippen LogP contribution in [0.1, 0.15) is 52.9 Å². The molecule has 130 valence electrons. The molecule has 1 aliphatic rings. The van der Waals surface area contributed by atoms with Gasteiger partial charge in [0.15, 0.2) is 5.78 Å². The van der Waals surface area contributed by atoms with Crippen LogP contribution in [0.25, 0.3) is 0 Å².